The lowest BCUT2D eigenvalue weighted by molar-refractivity contribution is 0.163. The normalized spacial score (nSPS) is 12.9. The molecule has 2 aromatic carbocycles. The number of rotatable bonds is 17. The Labute approximate surface area is 230 Å². The molecule has 0 N–H and O–H groups in total. The maximum absolute atomic E-state index is 6.63. The van der Waals surface area contributed by atoms with Crippen molar-refractivity contribution in [3.8, 4) is 28.3 Å². The zero-order valence-corrected chi connectivity index (χ0v) is 23.9. The van der Waals surface area contributed by atoms with Crippen LogP contribution in [0.25, 0.3) is 22.5 Å². The maximum atomic E-state index is 6.63. The highest BCUT2D eigenvalue weighted by atomic mass is 35.5. The predicted octanol–water partition coefficient (Wildman–Crippen LogP) is 10.4. The molecular weight excluding hydrogens is 476 g/mol. The van der Waals surface area contributed by atoms with Gasteiger partial charge in [0.2, 0.25) is 0 Å². The van der Waals surface area contributed by atoms with Gasteiger partial charge in [0.15, 0.2) is 10.9 Å². The van der Waals surface area contributed by atoms with Crippen LogP contribution in [0.15, 0.2) is 60.9 Å². The van der Waals surface area contributed by atoms with Crippen LogP contribution in [0.1, 0.15) is 103 Å². The van der Waals surface area contributed by atoms with Crippen molar-refractivity contribution in [1.29, 1.82) is 0 Å². The van der Waals surface area contributed by atoms with Gasteiger partial charge in [-0.3, -0.25) is 0 Å². The van der Waals surface area contributed by atoms with E-state index in [0.29, 0.717) is 0 Å². The van der Waals surface area contributed by atoms with Crippen LogP contribution in [0.4, 0.5) is 0 Å². The molecule has 0 bridgehead atoms. The van der Waals surface area contributed by atoms with Crippen LogP contribution in [0.5, 0.6) is 5.75 Å². The Morgan fingerprint density at radius 1 is 0.649 bits per heavy atom. The molecule has 0 aliphatic heterocycles. The lowest BCUT2D eigenvalue weighted by Crippen LogP contribution is -2.24. The first kappa shape index (κ1) is 29.2. The predicted molar refractivity (Wildman–Crippen MR) is 158 cm³/mol. The summed E-state index contributed by atoms with van der Waals surface area (Å²) in [6, 6.07) is 16.7. The number of ether oxygens (including phenoxy) is 1. The third-order valence-electron chi connectivity index (χ3n) is 6.93. The minimum atomic E-state index is -0.678. The van der Waals surface area contributed by atoms with E-state index in [1.54, 1.807) is 0 Å². The van der Waals surface area contributed by atoms with E-state index >= 15 is 0 Å². The Balaban J connectivity index is 1.49. The SMILES string of the molecule is CCCCCCCCc1ccc(-c2ncc(-c3ccc(O[C@](C)(Cl)CCCCCCC)cc3)cn2)cc1. The smallest absolute Gasteiger partial charge is 0.179 e. The summed E-state index contributed by atoms with van der Waals surface area (Å²) in [6.45, 7) is 6.45. The molecule has 0 fully saturated rings. The second kappa shape index (κ2) is 15.8. The summed E-state index contributed by atoms with van der Waals surface area (Å²) in [7, 11) is 0. The topological polar surface area (TPSA) is 35.0 Å². The molecule has 3 rings (SSSR count). The number of halogens is 1. The fraction of sp³-hybridized carbons (Fsp3) is 0.515. The molecular formula is C33H45ClN2O. The van der Waals surface area contributed by atoms with E-state index in [1.807, 2.05) is 43.6 Å². The monoisotopic (exact) mass is 520 g/mol. The van der Waals surface area contributed by atoms with Gasteiger partial charge in [-0.1, -0.05) is 120 Å². The Bertz CT molecular complexity index is 1010. The molecule has 1 heterocycles. The summed E-state index contributed by atoms with van der Waals surface area (Å²) in [5.74, 6) is 1.54. The highest BCUT2D eigenvalue weighted by molar-refractivity contribution is 6.22. The number of nitrogens with zero attached hydrogens (tertiary/aromatic N) is 2. The van der Waals surface area contributed by atoms with Gasteiger partial charge in [0.25, 0.3) is 0 Å². The molecule has 0 amide bonds. The molecule has 0 aliphatic rings. The molecule has 0 radical (unpaired) electrons. The molecule has 4 heteroatoms. The van der Waals surface area contributed by atoms with E-state index < -0.39 is 5.06 Å². The van der Waals surface area contributed by atoms with Gasteiger partial charge >= 0.3 is 0 Å². The molecule has 0 spiro atoms. The second-order valence-electron chi connectivity index (χ2n) is 10.4. The summed E-state index contributed by atoms with van der Waals surface area (Å²) in [4.78, 5) is 9.26. The largest absolute Gasteiger partial charge is 0.472 e. The van der Waals surface area contributed by atoms with Gasteiger partial charge in [-0.05, 0) is 49.4 Å². The van der Waals surface area contributed by atoms with Crippen molar-refractivity contribution in [2.24, 2.45) is 0 Å². The first-order valence-electron chi connectivity index (χ1n) is 14.4. The van der Waals surface area contributed by atoms with Crippen molar-refractivity contribution in [3.63, 3.8) is 0 Å². The van der Waals surface area contributed by atoms with Gasteiger partial charge in [-0.15, -0.1) is 0 Å². The van der Waals surface area contributed by atoms with Gasteiger partial charge in [-0.2, -0.15) is 0 Å². The van der Waals surface area contributed by atoms with Crippen LogP contribution >= 0.6 is 11.6 Å². The van der Waals surface area contributed by atoms with Crippen LogP contribution in [0, 0.1) is 0 Å². The summed E-state index contributed by atoms with van der Waals surface area (Å²) < 4.78 is 6.07. The number of benzene rings is 2. The molecule has 200 valence electrons. The Hall–Kier alpha value is -2.39. The van der Waals surface area contributed by atoms with Gasteiger partial charge in [0.1, 0.15) is 5.75 Å². The standard InChI is InChI=1S/C33H45ClN2O/c1-4-6-8-10-11-13-15-27-16-18-29(19-17-27)32-35-25-30(26-36-32)28-20-22-31(23-21-28)37-33(3,34)24-14-12-9-7-5-2/h16-23,25-26H,4-15,24H2,1-3H3/t33-/m0/s1. The van der Waals surface area contributed by atoms with Crippen molar-refractivity contribution in [2.45, 2.75) is 109 Å². The van der Waals surface area contributed by atoms with E-state index in [4.69, 9.17) is 16.3 Å². The van der Waals surface area contributed by atoms with E-state index in [0.717, 1.165) is 47.5 Å². The first-order valence-corrected chi connectivity index (χ1v) is 14.8. The Kier molecular flexibility index (Phi) is 12.4. The first-order chi connectivity index (χ1) is 18.0. The lowest BCUT2D eigenvalue weighted by atomic mass is 10.0. The van der Waals surface area contributed by atoms with Crippen molar-refractivity contribution in [2.75, 3.05) is 0 Å². The second-order valence-corrected chi connectivity index (χ2v) is 11.2. The van der Waals surface area contributed by atoms with E-state index in [-0.39, 0.29) is 0 Å². The summed E-state index contributed by atoms with van der Waals surface area (Å²) >= 11 is 6.63. The quantitative estimate of drug-likeness (QED) is 0.131. The highest BCUT2D eigenvalue weighted by Crippen LogP contribution is 2.29. The molecule has 37 heavy (non-hydrogen) atoms. The minimum absolute atomic E-state index is 0.678. The van der Waals surface area contributed by atoms with Crippen LogP contribution in [0.3, 0.4) is 0 Å². The van der Waals surface area contributed by atoms with Gasteiger partial charge in [0.05, 0.1) is 0 Å². The van der Waals surface area contributed by atoms with Crippen molar-refractivity contribution in [1.82, 2.24) is 9.97 Å². The lowest BCUT2D eigenvalue weighted by Gasteiger charge is -2.24. The van der Waals surface area contributed by atoms with Gasteiger partial charge in [0, 0.05) is 29.9 Å². The number of hydrogen-bond donors (Lipinski definition) is 0. The molecule has 0 saturated heterocycles. The van der Waals surface area contributed by atoms with Crippen molar-refractivity contribution in [3.05, 3.63) is 66.5 Å². The molecule has 0 saturated carbocycles. The molecule has 1 atom stereocenters. The number of hydrogen-bond acceptors (Lipinski definition) is 3. The Morgan fingerprint density at radius 3 is 1.81 bits per heavy atom. The van der Waals surface area contributed by atoms with Crippen LogP contribution in [0.2, 0.25) is 0 Å². The van der Waals surface area contributed by atoms with Crippen LogP contribution in [-0.2, 0) is 6.42 Å². The summed E-state index contributed by atoms with van der Waals surface area (Å²) in [5, 5.41) is -0.678. The average molecular weight is 521 g/mol. The molecule has 3 nitrogen and oxygen atoms in total. The zero-order chi connectivity index (χ0) is 26.3. The van der Waals surface area contributed by atoms with Crippen molar-refractivity contribution >= 4 is 11.6 Å². The summed E-state index contributed by atoms with van der Waals surface area (Å²) in [6.07, 6.45) is 19.9. The summed E-state index contributed by atoms with van der Waals surface area (Å²) in [5.41, 5.74) is 4.49. The third kappa shape index (κ3) is 10.5. The Morgan fingerprint density at radius 2 is 1.19 bits per heavy atom. The molecule has 0 aliphatic carbocycles. The molecule has 3 aromatic rings. The maximum Gasteiger partial charge on any atom is 0.179 e. The van der Waals surface area contributed by atoms with E-state index in [2.05, 4.69) is 48.1 Å². The minimum Gasteiger partial charge on any atom is -0.472 e. The third-order valence-corrected chi connectivity index (χ3v) is 7.19. The van der Waals surface area contributed by atoms with Gasteiger partial charge in [-0.25, -0.2) is 9.97 Å². The number of alkyl halides is 1. The van der Waals surface area contributed by atoms with Crippen molar-refractivity contribution < 1.29 is 4.74 Å². The fourth-order valence-electron chi connectivity index (χ4n) is 4.61. The molecule has 0 unspecified atom stereocenters. The van der Waals surface area contributed by atoms with E-state index in [9.17, 15) is 0 Å². The number of unbranched alkanes of at least 4 members (excludes halogenated alkanes) is 9. The van der Waals surface area contributed by atoms with Crippen LogP contribution < -0.4 is 4.74 Å². The van der Waals surface area contributed by atoms with Gasteiger partial charge < -0.3 is 4.74 Å². The van der Waals surface area contributed by atoms with E-state index in [1.165, 1.54) is 69.8 Å². The fourth-order valence-corrected chi connectivity index (χ4v) is 4.84. The van der Waals surface area contributed by atoms with Crippen LogP contribution in [-0.4, -0.2) is 15.0 Å². The average Bonchev–Trinajstić information content (AvgIpc) is 2.91. The molecule has 1 aromatic heterocycles. The number of aromatic nitrogens is 2. The number of aryl methyl sites for hydroxylation is 1. The zero-order valence-electron chi connectivity index (χ0n) is 23.1. The highest BCUT2D eigenvalue weighted by Gasteiger charge is 2.22.